The summed E-state index contributed by atoms with van der Waals surface area (Å²) >= 11 is 0. The Balaban J connectivity index is 1.71. The molecular weight excluding hydrogens is 338 g/mol. The minimum absolute atomic E-state index is 0.113. The van der Waals surface area contributed by atoms with E-state index in [2.05, 4.69) is 51.9 Å². The number of nitrogens with zero attached hydrogens (tertiary/aromatic N) is 2. The van der Waals surface area contributed by atoms with E-state index >= 15 is 0 Å². The Hall–Kier alpha value is -3.41. The van der Waals surface area contributed by atoms with Gasteiger partial charge in [0.1, 0.15) is 5.82 Å². The second-order valence-corrected chi connectivity index (χ2v) is 6.55. The molecule has 0 fully saturated rings. The molecule has 138 valence electrons. The summed E-state index contributed by atoms with van der Waals surface area (Å²) in [7, 11) is 0. The van der Waals surface area contributed by atoms with Crippen LogP contribution in [0.2, 0.25) is 0 Å². The summed E-state index contributed by atoms with van der Waals surface area (Å²) in [6, 6.07) is 17.5. The molecular formula is C21H23N5O. The molecule has 0 aliphatic heterocycles. The van der Waals surface area contributed by atoms with Crippen LogP contribution in [0.5, 0.6) is 0 Å². The van der Waals surface area contributed by atoms with Gasteiger partial charge in [0.15, 0.2) is 0 Å². The highest BCUT2D eigenvalue weighted by Crippen LogP contribution is 2.22. The molecule has 3 rings (SSSR count). The molecule has 2 aromatic carbocycles. The molecule has 0 bridgehead atoms. The maximum Gasteiger partial charge on any atom is 0.229 e. The number of hydrogen-bond donors (Lipinski definition) is 3. The third-order valence-electron chi connectivity index (χ3n) is 3.94. The van der Waals surface area contributed by atoms with Crippen LogP contribution < -0.4 is 16.0 Å². The fourth-order valence-electron chi connectivity index (χ4n) is 2.59. The summed E-state index contributed by atoms with van der Waals surface area (Å²) in [5.41, 5.74) is 3.77. The minimum Gasteiger partial charge on any atom is -0.340 e. The van der Waals surface area contributed by atoms with Gasteiger partial charge in [0.2, 0.25) is 11.9 Å². The van der Waals surface area contributed by atoms with E-state index in [1.165, 1.54) is 12.5 Å². The van der Waals surface area contributed by atoms with Crippen LogP contribution in [-0.4, -0.2) is 15.9 Å². The summed E-state index contributed by atoms with van der Waals surface area (Å²) in [4.78, 5) is 19.9. The van der Waals surface area contributed by atoms with Gasteiger partial charge >= 0.3 is 0 Å². The third-order valence-corrected chi connectivity index (χ3v) is 3.94. The van der Waals surface area contributed by atoms with Gasteiger partial charge in [-0.05, 0) is 47.9 Å². The Morgan fingerprint density at radius 1 is 0.926 bits per heavy atom. The van der Waals surface area contributed by atoms with Crippen molar-refractivity contribution in [2.75, 3.05) is 16.0 Å². The van der Waals surface area contributed by atoms with E-state index in [9.17, 15) is 4.79 Å². The number of amides is 1. The number of hydrogen-bond acceptors (Lipinski definition) is 5. The Labute approximate surface area is 159 Å². The molecule has 27 heavy (non-hydrogen) atoms. The average Bonchev–Trinajstić information content (AvgIpc) is 2.62. The van der Waals surface area contributed by atoms with Gasteiger partial charge in [0.25, 0.3) is 0 Å². The van der Waals surface area contributed by atoms with Crippen LogP contribution in [0.25, 0.3) is 0 Å². The largest absolute Gasteiger partial charge is 0.340 e. The summed E-state index contributed by atoms with van der Waals surface area (Å²) < 4.78 is 0. The van der Waals surface area contributed by atoms with E-state index in [-0.39, 0.29) is 5.91 Å². The van der Waals surface area contributed by atoms with Crippen molar-refractivity contribution in [2.24, 2.45) is 0 Å². The van der Waals surface area contributed by atoms with E-state index in [1.54, 1.807) is 6.20 Å². The fourth-order valence-corrected chi connectivity index (χ4v) is 2.59. The Morgan fingerprint density at radius 3 is 2.37 bits per heavy atom. The zero-order valence-corrected chi connectivity index (χ0v) is 15.7. The predicted octanol–water partition coefficient (Wildman–Crippen LogP) is 5.05. The molecule has 3 aromatic rings. The van der Waals surface area contributed by atoms with Crippen molar-refractivity contribution in [1.29, 1.82) is 0 Å². The van der Waals surface area contributed by atoms with Crippen LogP contribution in [0.4, 0.5) is 28.8 Å². The molecule has 0 radical (unpaired) electrons. The summed E-state index contributed by atoms with van der Waals surface area (Å²) in [5.74, 6) is 1.56. The van der Waals surface area contributed by atoms with Crippen molar-refractivity contribution in [3.63, 3.8) is 0 Å². The lowest BCUT2D eigenvalue weighted by Gasteiger charge is -2.11. The standard InChI is InChI=1S/C21H23N5O/c1-14(2)16-7-9-17(10-8-16)24-20-11-12-22-21(26-20)25-19-6-4-5-18(13-19)23-15(3)27/h4-14H,1-3H3,(H,23,27)(H2,22,24,25,26). The quantitative estimate of drug-likeness (QED) is 0.573. The van der Waals surface area contributed by atoms with Gasteiger partial charge in [0.05, 0.1) is 0 Å². The van der Waals surface area contributed by atoms with Crippen LogP contribution in [0.15, 0.2) is 60.8 Å². The molecule has 6 heteroatoms. The number of nitrogens with one attached hydrogen (secondary N) is 3. The minimum atomic E-state index is -0.113. The zero-order valence-electron chi connectivity index (χ0n) is 15.7. The van der Waals surface area contributed by atoms with Gasteiger partial charge in [-0.1, -0.05) is 32.0 Å². The van der Waals surface area contributed by atoms with Gasteiger partial charge in [0, 0.05) is 30.2 Å². The number of aromatic nitrogens is 2. The first kappa shape index (κ1) is 18.4. The van der Waals surface area contributed by atoms with Crippen molar-refractivity contribution >= 4 is 34.7 Å². The Morgan fingerprint density at radius 2 is 1.67 bits per heavy atom. The molecule has 0 aliphatic rings. The van der Waals surface area contributed by atoms with Gasteiger partial charge in [-0.2, -0.15) is 4.98 Å². The van der Waals surface area contributed by atoms with Crippen LogP contribution in [0, 0.1) is 0 Å². The smallest absolute Gasteiger partial charge is 0.229 e. The van der Waals surface area contributed by atoms with E-state index in [1.807, 2.05) is 42.5 Å². The Bertz CT molecular complexity index is 922. The normalized spacial score (nSPS) is 10.5. The van der Waals surface area contributed by atoms with Gasteiger partial charge in [-0.25, -0.2) is 4.98 Å². The first-order chi connectivity index (χ1) is 13.0. The Kier molecular flexibility index (Phi) is 5.66. The first-order valence-electron chi connectivity index (χ1n) is 8.84. The second kappa shape index (κ2) is 8.31. The average molecular weight is 361 g/mol. The maximum atomic E-state index is 11.2. The number of benzene rings is 2. The highest BCUT2D eigenvalue weighted by Gasteiger charge is 2.04. The van der Waals surface area contributed by atoms with Crippen molar-refractivity contribution in [1.82, 2.24) is 9.97 Å². The van der Waals surface area contributed by atoms with Crippen LogP contribution >= 0.6 is 0 Å². The monoisotopic (exact) mass is 361 g/mol. The van der Waals surface area contributed by atoms with Crippen molar-refractivity contribution in [3.05, 3.63) is 66.4 Å². The molecule has 6 nitrogen and oxygen atoms in total. The summed E-state index contributed by atoms with van der Waals surface area (Å²) in [5, 5.41) is 9.20. The lowest BCUT2D eigenvalue weighted by Crippen LogP contribution is -2.06. The zero-order chi connectivity index (χ0) is 19.2. The number of anilines is 5. The van der Waals surface area contributed by atoms with E-state index in [0.29, 0.717) is 23.4 Å². The molecule has 0 unspecified atom stereocenters. The van der Waals surface area contributed by atoms with E-state index < -0.39 is 0 Å². The van der Waals surface area contributed by atoms with Gasteiger partial charge in [-0.15, -0.1) is 0 Å². The first-order valence-corrected chi connectivity index (χ1v) is 8.84. The molecule has 3 N–H and O–H groups in total. The van der Waals surface area contributed by atoms with Crippen molar-refractivity contribution in [2.45, 2.75) is 26.7 Å². The molecule has 1 amide bonds. The molecule has 1 aromatic heterocycles. The van der Waals surface area contributed by atoms with Crippen molar-refractivity contribution in [3.8, 4) is 0 Å². The number of carbonyl (C=O) groups excluding carboxylic acids is 1. The fraction of sp³-hybridized carbons (Fsp3) is 0.190. The molecule has 1 heterocycles. The highest BCUT2D eigenvalue weighted by atomic mass is 16.1. The van der Waals surface area contributed by atoms with Crippen LogP contribution in [0.3, 0.4) is 0 Å². The summed E-state index contributed by atoms with van der Waals surface area (Å²) in [6.07, 6.45) is 1.69. The maximum absolute atomic E-state index is 11.2. The van der Waals surface area contributed by atoms with Crippen LogP contribution in [-0.2, 0) is 4.79 Å². The lowest BCUT2D eigenvalue weighted by molar-refractivity contribution is -0.114. The van der Waals surface area contributed by atoms with Crippen molar-refractivity contribution < 1.29 is 4.79 Å². The SMILES string of the molecule is CC(=O)Nc1cccc(Nc2nccc(Nc3ccc(C(C)C)cc3)n2)c1. The second-order valence-electron chi connectivity index (χ2n) is 6.55. The molecule has 0 atom stereocenters. The highest BCUT2D eigenvalue weighted by molar-refractivity contribution is 5.89. The van der Waals surface area contributed by atoms with Gasteiger partial charge in [-0.3, -0.25) is 4.79 Å². The molecule has 0 saturated carbocycles. The molecule has 0 saturated heterocycles. The predicted molar refractivity (Wildman–Crippen MR) is 110 cm³/mol. The number of rotatable bonds is 6. The molecule has 0 aliphatic carbocycles. The molecule has 0 spiro atoms. The van der Waals surface area contributed by atoms with Gasteiger partial charge < -0.3 is 16.0 Å². The van der Waals surface area contributed by atoms with Crippen LogP contribution in [0.1, 0.15) is 32.3 Å². The topological polar surface area (TPSA) is 78.9 Å². The lowest BCUT2D eigenvalue weighted by atomic mass is 10.0. The van der Waals surface area contributed by atoms with E-state index in [0.717, 1.165) is 11.4 Å². The summed E-state index contributed by atoms with van der Waals surface area (Å²) in [6.45, 7) is 5.82. The third kappa shape index (κ3) is 5.28. The number of carbonyl (C=O) groups is 1. The van der Waals surface area contributed by atoms with E-state index in [4.69, 9.17) is 0 Å².